The highest BCUT2D eigenvalue weighted by molar-refractivity contribution is 5.80. The van der Waals surface area contributed by atoms with Gasteiger partial charge in [-0.15, -0.1) is 10.2 Å². The molecule has 0 spiro atoms. The molecule has 1 fully saturated rings. The van der Waals surface area contributed by atoms with E-state index >= 15 is 0 Å². The summed E-state index contributed by atoms with van der Waals surface area (Å²) in [6.45, 7) is 2.59. The number of amides is 1. The summed E-state index contributed by atoms with van der Waals surface area (Å²) < 4.78 is 3.14. The summed E-state index contributed by atoms with van der Waals surface area (Å²) in [6.07, 6.45) is 8.39. The maximum atomic E-state index is 12.9. The van der Waals surface area contributed by atoms with Crippen molar-refractivity contribution in [1.29, 1.82) is 0 Å². The maximum absolute atomic E-state index is 12.9. The summed E-state index contributed by atoms with van der Waals surface area (Å²) >= 11 is 0. The molecular weight excluding hydrogens is 344 g/mol. The second kappa shape index (κ2) is 7.46. The summed E-state index contributed by atoms with van der Waals surface area (Å²) in [5.41, 5.74) is 1.08. The first-order valence-corrected chi connectivity index (χ1v) is 9.67. The van der Waals surface area contributed by atoms with Crippen molar-refractivity contribution < 1.29 is 4.79 Å². The number of hydrogen-bond donors (Lipinski definition) is 1. The van der Waals surface area contributed by atoms with Crippen LogP contribution in [0.4, 0.5) is 0 Å². The van der Waals surface area contributed by atoms with Gasteiger partial charge in [-0.2, -0.15) is 0 Å². The molecule has 0 aromatic carbocycles. The van der Waals surface area contributed by atoms with E-state index in [2.05, 4.69) is 20.5 Å². The van der Waals surface area contributed by atoms with Crippen LogP contribution < -0.4 is 10.9 Å². The molecule has 8 heteroatoms. The Kier molecular flexibility index (Phi) is 4.87. The van der Waals surface area contributed by atoms with Gasteiger partial charge in [0.15, 0.2) is 5.65 Å². The zero-order chi connectivity index (χ0) is 18.8. The lowest BCUT2D eigenvalue weighted by Crippen LogP contribution is -2.36. The Bertz CT molecular complexity index is 1030. The number of rotatable bonds is 5. The fourth-order valence-corrected chi connectivity index (χ4v) is 3.91. The molecule has 1 aliphatic rings. The molecule has 3 aromatic heterocycles. The van der Waals surface area contributed by atoms with E-state index in [-0.39, 0.29) is 23.7 Å². The number of fused-ring (bicyclic) bond motifs is 3. The van der Waals surface area contributed by atoms with Crippen molar-refractivity contribution in [3.8, 4) is 0 Å². The van der Waals surface area contributed by atoms with Crippen molar-refractivity contribution in [1.82, 2.24) is 29.5 Å². The first-order valence-electron chi connectivity index (χ1n) is 9.67. The molecule has 1 aliphatic carbocycles. The van der Waals surface area contributed by atoms with Gasteiger partial charge in [-0.1, -0.05) is 26.2 Å². The molecule has 0 saturated heterocycles. The van der Waals surface area contributed by atoms with E-state index < -0.39 is 0 Å². The molecule has 1 amide bonds. The van der Waals surface area contributed by atoms with E-state index in [0.29, 0.717) is 35.9 Å². The number of hydrogen-bond acceptors (Lipinski definition) is 5. The molecule has 8 nitrogen and oxygen atoms in total. The SMILES string of the molecule is CCc1nnc2c(=O)n(CC(=O)NCC3CCCCC3)c3cccnc3n12. The topological polar surface area (TPSA) is 94.2 Å². The fourth-order valence-electron chi connectivity index (χ4n) is 3.91. The Morgan fingerprint density at radius 3 is 2.81 bits per heavy atom. The number of carbonyl (C=O) groups is 1. The molecule has 4 rings (SSSR count). The van der Waals surface area contributed by atoms with Crippen molar-refractivity contribution in [2.24, 2.45) is 5.92 Å². The third-order valence-corrected chi connectivity index (χ3v) is 5.37. The number of aryl methyl sites for hydroxylation is 1. The van der Waals surface area contributed by atoms with Crippen molar-refractivity contribution in [3.63, 3.8) is 0 Å². The number of pyridine rings is 1. The van der Waals surface area contributed by atoms with Gasteiger partial charge in [-0.05, 0) is 30.9 Å². The normalized spacial score (nSPS) is 15.4. The lowest BCUT2D eigenvalue weighted by Gasteiger charge is -2.21. The summed E-state index contributed by atoms with van der Waals surface area (Å²) in [4.78, 5) is 29.9. The highest BCUT2D eigenvalue weighted by Gasteiger charge is 2.19. The quantitative estimate of drug-likeness (QED) is 0.740. The average Bonchev–Trinajstić information content (AvgIpc) is 3.15. The third-order valence-electron chi connectivity index (χ3n) is 5.37. The van der Waals surface area contributed by atoms with Gasteiger partial charge < -0.3 is 5.32 Å². The monoisotopic (exact) mass is 368 g/mol. The first-order chi connectivity index (χ1) is 13.2. The fraction of sp³-hybridized carbons (Fsp3) is 0.526. The van der Waals surface area contributed by atoms with E-state index in [1.54, 1.807) is 22.7 Å². The van der Waals surface area contributed by atoms with Crippen LogP contribution >= 0.6 is 0 Å². The van der Waals surface area contributed by atoms with Crippen LogP contribution in [0, 0.1) is 5.92 Å². The Labute approximate surface area is 156 Å². The summed E-state index contributed by atoms with van der Waals surface area (Å²) in [5, 5.41) is 11.1. The van der Waals surface area contributed by atoms with E-state index in [0.717, 1.165) is 0 Å². The minimum absolute atomic E-state index is 0.0431. The second-order valence-electron chi connectivity index (χ2n) is 7.17. The van der Waals surface area contributed by atoms with Crippen LogP contribution in [0.25, 0.3) is 16.8 Å². The Balaban J connectivity index is 1.65. The molecule has 27 heavy (non-hydrogen) atoms. The smallest absolute Gasteiger partial charge is 0.297 e. The Hall–Kier alpha value is -2.77. The predicted octanol–water partition coefficient (Wildman–Crippen LogP) is 1.70. The van der Waals surface area contributed by atoms with Gasteiger partial charge in [0, 0.05) is 19.2 Å². The minimum atomic E-state index is -0.324. The summed E-state index contributed by atoms with van der Waals surface area (Å²) in [5.74, 6) is 1.07. The van der Waals surface area contributed by atoms with Gasteiger partial charge in [0.1, 0.15) is 12.4 Å². The average molecular weight is 368 g/mol. The number of nitrogens with zero attached hydrogens (tertiary/aromatic N) is 5. The number of aromatic nitrogens is 5. The highest BCUT2D eigenvalue weighted by atomic mass is 16.2. The Morgan fingerprint density at radius 2 is 2.04 bits per heavy atom. The molecule has 0 bridgehead atoms. The van der Waals surface area contributed by atoms with Gasteiger partial charge in [-0.3, -0.25) is 18.6 Å². The number of carbonyl (C=O) groups excluding carboxylic acids is 1. The van der Waals surface area contributed by atoms with Gasteiger partial charge in [0.05, 0.1) is 5.52 Å². The maximum Gasteiger partial charge on any atom is 0.297 e. The second-order valence-corrected chi connectivity index (χ2v) is 7.17. The van der Waals surface area contributed by atoms with Crippen molar-refractivity contribution in [2.75, 3.05) is 6.54 Å². The predicted molar refractivity (Wildman–Crippen MR) is 102 cm³/mol. The molecule has 1 saturated carbocycles. The van der Waals surface area contributed by atoms with E-state index in [4.69, 9.17) is 0 Å². The standard InChI is InChI=1S/C19H24N6O2/c1-2-15-22-23-18-19(27)24(14-9-6-10-20-17(14)25(15)18)12-16(26)21-11-13-7-4-3-5-8-13/h6,9-10,13H,2-5,7-8,11-12H2,1H3,(H,21,26). The van der Waals surface area contributed by atoms with Gasteiger partial charge >= 0.3 is 0 Å². The first kappa shape index (κ1) is 17.6. The van der Waals surface area contributed by atoms with Crippen molar-refractivity contribution in [2.45, 2.75) is 52.0 Å². The van der Waals surface area contributed by atoms with Gasteiger partial charge in [0.25, 0.3) is 5.56 Å². The van der Waals surface area contributed by atoms with Crippen LogP contribution in [-0.4, -0.2) is 36.6 Å². The van der Waals surface area contributed by atoms with Crippen LogP contribution in [-0.2, 0) is 17.8 Å². The molecule has 0 aliphatic heterocycles. The zero-order valence-electron chi connectivity index (χ0n) is 15.5. The van der Waals surface area contributed by atoms with Crippen molar-refractivity contribution in [3.05, 3.63) is 34.5 Å². The molecule has 142 valence electrons. The summed E-state index contributed by atoms with van der Waals surface area (Å²) in [6, 6.07) is 3.57. The lowest BCUT2D eigenvalue weighted by atomic mass is 9.89. The summed E-state index contributed by atoms with van der Waals surface area (Å²) in [7, 11) is 0. The molecule has 0 atom stereocenters. The molecule has 0 unspecified atom stereocenters. The molecule has 3 heterocycles. The van der Waals surface area contributed by atoms with Crippen LogP contribution in [0.15, 0.2) is 23.1 Å². The van der Waals surface area contributed by atoms with E-state index in [9.17, 15) is 9.59 Å². The largest absolute Gasteiger partial charge is 0.354 e. The third kappa shape index (κ3) is 3.31. The van der Waals surface area contributed by atoms with E-state index in [1.807, 2.05) is 6.92 Å². The minimum Gasteiger partial charge on any atom is -0.354 e. The van der Waals surface area contributed by atoms with Crippen molar-refractivity contribution >= 4 is 22.7 Å². The zero-order valence-corrected chi connectivity index (χ0v) is 15.5. The van der Waals surface area contributed by atoms with Crippen LogP contribution in [0.5, 0.6) is 0 Å². The van der Waals surface area contributed by atoms with E-state index in [1.165, 1.54) is 36.7 Å². The highest BCUT2D eigenvalue weighted by Crippen LogP contribution is 2.22. The molecule has 0 radical (unpaired) electrons. The number of nitrogens with one attached hydrogen (secondary N) is 1. The molecule has 3 aromatic rings. The molecule has 1 N–H and O–H groups in total. The lowest BCUT2D eigenvalue weighted by molar-refractivity contribution is -0.121. The van der Waals surface area contributed by atoms with Gasteiger partial charge in [0.2, 0.25) is 11.6 Å². The van der Waals surface area contributed by atoms with Crippen LogP contribution in [0.1, 0.15) is 44.9 Å². The molecular formula is C19H24N6O2. The Morgan fingerprint density at radius 1 is 1.22 bits per heavy atom. The van der Waals surface area contributed by atoms with Crippen LogP contribution in [0.3, 0.4) is 0 Å². The van der Waals surface area contributed by atoms with Gasteiger partial charge in [-0.25, -0.2) is 4.98 Å². The van der Waals surface area contributed by atoms with Crippen LogP contribution in [0.2, 0.25) is 0 Å².